The molecular weight excluding hydrogens is 310 g/mol. The number of halogens is 1. The Hall–Kier alpha value is 0.0900. The highest BCUT2D eigenvalue weighted by Gasteiger charge is 2.17. The molecule has 1 aromatic rings. The monoisotopic (exact) mass is 325 g/mol. The van der Waals surface area contributed by atoms with Gasteiger partial charge in [0, 0.05) is 11.0 Å². The van der Waals surface area contributed by atoms with Gasteiger partial charge in [0.1, 0.15) is 4.21 Å². The minimum Gasteiger partial charge on any atom is -0.210 e. The average Bonchev–Trinajstić information content (AvgIpc) is 2.65. The molecule has 16 heavy (non-hydrogen) atoms. The quantitative estimate of drug-likeness (QED) is 0.781. The van der Waals surface area contributed by atoms with Gasteiger partial charge in [0.05, 0.1) is 0 Å². The first kappa shape index (κ1) is 14.2. The van der Waals surface area contributed by atoms with Crippen molar-refractivity contribution in [1.29, 1.82) is 0 Å². The van der Waals surface area contributed by atoms with Gasteiger partial charge in [-0.3, -0.25) is 0 Å². The fourth-order valence-corrected chi connectivity index (χ4v) is 4.75. The molecule has 92 valence electrons. The van der Waals surface area contributed by atoms with Gasteiger partial charge in [0.25, 0.3) is 10.0 Å². The zero-order chi connectivity index (χ0) is 12.0. The Morgan fingerprint density at radius 2 is 2.12 bits per heavy atom. The molecule has 0 amide bonds. The molecule has 0 aliphatic carbocycles. The lowest BCUT2D eigenvalue weighted by molar-refractivity contribution is 0.575. The van der Waals surface area contributed by atoms with Gasteiger partial charge in [-0.15, -0.1) is 11.3 Å². The van der Waals surface area contributed by atoms with Crippen LogP contribution in [0.4, 0.5) is 0 Å². The highest BCUT2D eigenvalue weighted by Crippen LogP contribution is 2.27. The molecule has 6 heteroatoms. The number of sulfonamides is 1. The third-order valence-corrected chi connectivity index (χ3v) is 6.28. The summed E-state index contributed by atoms with van der Waals surface area (Å²) in [6.45, 7) is 2.65. The van der Waals surface area contributed by atoms with Gasteiger partial charge in [-0.05, 0) is 33.8 Å². The molecule has 0 aliphatic rings. The lowest BCUT2D eigenvalue weighted by Gasteiger charge is -2.04. The first-order chi connectivity index (χ1) is 7.58. The molecular formula is C10H16BrNO2S2. The van der Waals surface area contributed by atoms with Crippen molar-refractivity contribution < 1.29 is 8.42 Å². The third kappa shape index (κ3) is 4.16. The predicted molar refractivity (Wildman–Crippen MR) is 71.3 cm³/mol. The lowest BCUT2D eigenvalue weighted by Crippen LogP contribution is -2.24. The van der Waals surface area contributed by atoms with Crippen LogP contribution in [0.2, 0.25) is 0 Å². The van der Waals surface area contributed by atoms with Crippen LogP contribution in [0, 0.1) is 0 Å². The van der Waals surface area contributed by atoms with Gasteiger partial charge in [0.2, 0.25) is 0 Å². The topological polar surface area (TPSA) is 46.2 Å². The van der Waals surface area contributed by atoms with Crippen molar-refractivity contribution in [3.63, 3.8) is 0 Å². The Kier molecular flexibility index (Phi) is 5.96. The SMILES string of the molecule is CCCCCCNS(=O)(=O)c1sccc1Br. The predicted octanol–water partition coefficient (Wildman–Crippen LogP) is 3.37. The van der Waals surface area contributed by atoms with E-state index in [1.165, 1.54) is 11.3 Å². The van der Waals surface area contributed by atoms with Crippen molar-refractivity contribution in [2.75, 3.05) is 6.54 Å². The van der Waals surface area contributed by atoms with Crippen molar-refractivity contribution >= 4 is 37.3 Å². The zero-order valence-electron chi connectivity index (χ0n) is 9.20. The van der Waals surface area contributed by atoms with E-state index in [0.29, 0.717) is 15.2 Å². The Morgan fingerprint density at radius 1 is 1.38 bits per heavy atom. The molecule has 0 atom stereocenters. The van der Waals surface area contributed by atoms with Crippen molar-refractivity contribution in [3.8, 4) is 0 Å². The number of hydrogen-bond acceptors (Lipinski definition) is 3. The summed E-state index contributed by atoms with van der Waals surface area (Å²) in [5, 5.41) is 1.76. The van der Waals surface area contributed by atoms with Crippen LogP contribution in [0.1, 0.15) is 32.6 Å². The molecule has 0 saturated heterocycles. The fraction of sp³-hybridized carbons (Fsp3) is 0.600. The molecule has 0 bridgehead atoms. The van der Waals surface area contributed by atoms with Crippen LogP contribution < -0.4 is 4.72 Å². The van der Waals surface area contributed by atoms with E-state index in [4.69, 9.17) is 0 Å². The van der Waals surface area contributed by atoms with Crippen LogP contribution in [0.3, 0.4) is 0 Å². The molecule has 0 radical (unpaired) electrons. The second-order valence-electron chi connectivity index (χ2n) is 3.51. The van der Waals surface area contributed by atoms with Gasteiger partial charge < -0.3 is 0 Å². The molecule has 0 aliphatic heterocycles. The highest BCUT2D eigenvalue weighted by atomic mass is 79.9. The Balaban J connectivity index is 2.45. The van der Waals surface area contributed by atoms with E-state index in [0.717, 1.165) is 25.7 Å². The molecule has 0 saturated carbocycles. The van der Waals surface area contributed by atoms with Gasteiger partial charge >= 0.3 is 0 Å². The van der Waals surface area contributed by atoms with Gasteiger partial charge in [-0.25, -0.2) is 13.1 Å². The van der Waals surface area contributed by atoms with E-state index in [2.05, 4.69) is 27.6 Å². The van der Waals surface area contributed by atoms with Crippen LogP contribution in [0.5, 0.6) is 0 Å². The molecule has 0 unspecified atom stereocenters. The number of hydrogen-bond donors (Lipinski definition) is 1. The van der Waals surface area contributed by atoms with Crippen LogP contribution in [-0.2, 0) is 10.0 Å². The number of rotatable bonds is 7. The third-order valence-electron chi connectivity index (χ3n) is 2.15. The maximum Gasteiger partial charge on any atom is 0.251 e. The molecule has 3 nitrogen and oxygen atoms in total. The van der Waals surface area contributed by atoms with Gasteiger partial charge in [0.15, 0.2) is 0 Å². The van der Waals surface area contributed by atoms with Crippen molar-refractivity contribution in [2.24, 2.45) is 0 Å². The second kappa shape index (κ2) is 6.74. The van der Waals surface area contributed by atoms with Gasteiger partial charge in [-0.2, -0.15) is 0 Å². The smallest absolute Gasteiger partial charge is 0.210 e. The van der Waals surface area contributed by atoms with E-state index in [1.807, 2.05) is 0 Å². The minimum atomic E-state index is -3.31. The number of nitrogens with one attached hydrogen (secondary N) is 1. The number of unbranched alkanes of at least 4 members (excludes halogenated alkanes) is 3. The molecule has 1 rings (SSSR count). The largest absolute Gasteiger partial charge is 0.251 e. The Morgan fingerprint density at radius 3 is 2.69 bits per heavy atom. The molecule has 1 heterocycles. The summed E-state index contributed by atoms with van der Waals surface area (Å²) in [5.74, 6) is 0. The molecule has 1 N–H and O–H groups in total. The van der Waals surface area contributed by atoms with Crippen LogP contribution in [-0.4, -0.2) is 15.0 Å². The minimum absolute atomic E-state index is 0.364. The van der Waals surface area contributed by atoms with E-state index in [1.54, 1.807) is 11.4 Å². The molecule has 0 aromatic carbocycles. The maximum absolute atomic E-state index is 11.8. The lowest BCUT2D eigenvalue weighted by atomic mass is 10.2. The van der Waals surface area contributed by atoms with Crippen molar-refractivity contribution in [2.45, 2.75) is 36.8 Å². The molecule has 0 spiro atoms. The summed E-state index contributed by atoms with van der Waals surface area (Å²) < 4.78 is 27.2. The van der Waals surface area contributed by atoms with E-state index in [-0.39, 0.29) is 0 Å². The van der Waals surface area contributed by atoms with Crippen LogP contribution in [0.15, 0.2) is 20.1 Å². The standard InChI is InChI=1S/C10H16BrNO2S2/c1-2-3-4-5-7-12-16(13,14)10-9(11)6-8-15-10/h6,8,12H,2-5,7H2,1H3. The zero-order valence-corrected chi connectivity index (χ0v) is 12.4. The van der Waals surface area contributed by atoms with E-state index < -0.39 is 10.0 Å². The summed E-state index contributed by atoms with van der Waals surface area (Å²) in [6, 6.07) is 1.75. The summed E-state index contributed by atoms with van der Waals surface area (Å²) in [6.07, 6.45) is 4.29. The van der Waals surface area contributed by atoms with Crippen molar-refractivity contribution in [1.82, 2.24) is 4.72 Å². The van der Waals surface area contributed by atoms with Crippen molar-refractivity contribution in [3.05, 3.63) is 15.9 Å². The molecule has 0 fully saturated rings. The fourth-order valence-electron chi connectivity index (χ4n) is 1.30. The summed E-state index contributed by atoms with van der Waals surface area (Å²) in [5.41, 5.74) is 0. The van der Waals surface area contributed by atoms with Crippen LogP contribution >= 0.6 is 27.3 Å². The summed E-state index contributed by atoms with van der Waals surface area (Å²) in [4.78, 5) is 0. The second-order valence-corrected chi connectivity index (χ2v) is 7.25. The Bertz CT molecular complexity index is 414. The first-order valence-corrected chi connectivity index (χ1v) is 8.46. The van der Waals surface area contributed by atoms with Gasteiger partial charge in [-0.1, -0.05) is 26.2 Å². The van der Waals surface area contributed by atoms with E-state index in [9.17, 15) is 8.42 Å². The molecule has 1 aromatic heterocycles. The normalized spacial score (nSPS) is 11.9. The summed E-state index contributed by atoms with van der Waals surface area (Å²) >= 11 is 4.45. The number of thiophene rings is 1. The first-order valence-electron chi connectivity index (χ1n) is 5.30. The summed E-state index contributed by atoms with van der Waals surface area (Å²) in [7, 11) is -3.31. The maximum atomic E-state index is 11.8. The van der Waals surface area contributed by atoms with E-state index >= 15 is 0 Å². The van der Waals surface area contributed by atoms with Crippen LogP contribution in [0.25, 0.3) is 0 Å². The average molecular weight is 326 g/mol. The Labute approximate surface area is 109 Å². The highest BCUT2D eigenvalue weighted by molar-refractivity contribution is 9.10.